The summed E-state index contributed by atoms with van der Waals surface area (Å²) in [7, 11) is 0. The first kappa shape index (κ1) is 10.9. The van der Waals surface area contributed by atoms with Gasteiger partial charge in [0.05, 0.1) is 4.92 Å². The van der Waals surface area contributed by atoms with Crippen LogP contribution in [0.5, 0.6) is 0 Å². The number of nitro benzene ring substituents is 1. The lowest BCUT2D eigenvalue weighted by atomic mass is 10.1. The van der Waals surface area contributed by atoms with Crippen LogP contribution in [0.1, 0.15) is 10.4 Å². The van der Waals surface area contributed by atoms with E-state index in [-0.39, 0.29) is 11.3 Å². The molecule has 0 N–H and O–H groups in total. The van der Waals surface area contributed by atoms with Crippen molar-refractivity contribution >= 4 is 34.7 Å². The average molecular weight is 234 g/mol. The first-order valence-corrected chi connectivity index (χ1v) is 4.46. The number of Topliss-reactive ketones (excluding diaryl/α,β-unsaturated/α-hetero) is 1. The number of hydrogen-bond donors (Lipinski definition) is 0. The van der Waals surface area contributed by atoms with E-state index in [4.69, 9.17) is 23.2 Å². The predicted molar refractivity (Wildman–Crippen MR) is 52.9 cm³/mol. The van der Waals surface area contributed by atoms with Gasteiger partial charge in [0.25, 0.3) is 5.69 Å². The lowest BCUT2D eigenvalue weighted by molar-refractivity contribution is -0.384. The molecular weight excluding hydrogens is 229 g/mol. The standard InChI is InChI=1S/C8H5Cl2NO3/c9-8(10)7(12)5-1-3-6(4-2-5)11(13)14/h1-4,8H. The Hall–Kier alpha value is -1.13. The van der Waals surface area contributed by atoms with E-state index in [1.54, 1.807) is 0 Å². The zero-order valence-corrected chi connectivity index (χ0v) is 8.33. The summed E-state index contributed by atoms with van der Waals surface area (Å²) in [4.78, 5) is 19.8. The lowest BCUT2D eigenvalue weighted by Crippen LogP contribution is -2.07. The molecule has 6 heteroatoms. The molecule has 0 aliphatic carbocycles. The van der Waals surface area contributed by atoms with Gasteiger partial charge in [0.2, 0.25) is 0 Å². The smallest absolute Gasteiger partial charge is 0.269 e. The third-order valence-electron chi connectivity index (χ3n) is 1.56. The summed E-state index contributed by atoms with van der Waals surface area (Å²) in [6, 6.07) is 5.09. The third kappa shape index (κ3) is 2.43. The van der Waals surface area contributed by atoms with Crippen molar-refractivity contribution < 1.29 is 9.72 Å². The molecule has 1 aromatic rings. The Morgan fingerprint density at radius 2 is 1.79 bits per heavy atom. The Kier molecular flexibility index (Phi) is 3.43. The van der Waals surface area contributed by atoms with Crippen molar-refractivity contribution in [2.24, 2.45) is 0 Å². The fourth-order valence-corrected chi connectivity index (χ4v) is 1.13. The molecule has 0 atom stereocenters. The number of alkyl halides is 2. The number of nitrogens with zero attached hydrogens (tertiary/aromatic N) is 1. The van der Waals surface area contributed by atoms with E-state index < -0.39 is 15.5 Å². The van der Waals surface area contributed by atoms with Crippen LogP contribution in [0, 0.1) is 10.1 Å². The molecule has 0 radical (unpaired) electrons. The average Bonchev–Trinajstić information content (AvgIpc) is 2.16. The quantitative estimate of drug-likeness (QED) is 0.349. The minimum absolute atomic E-state index is 0.0813. The van der Waals surface area contributed by atoms with Crippen LogP contribution in [0.4, 0.5) is 5.69 Å². The Morgan fingerprint density at radius 3 is 2.14 bits per heavy atom. The molecule has 1 aromatic carbocycles. The van der Waals surface area contributed by atoms with Gasteiger partial charge in [0, 0.05) is 17.7 Å². The van der Waals surface area contributed by atoms with Gasteiger partial charge in [-0.1, -0.05) is 23.2 Å². The highest BCUT2D eigenvalue weighted by Gasteiger charge is 2.15. The summed E-state index contributed by atoms with van der Waals surface area (Å²) in [5, 5.41) is 10.3. The molecule has 1 rings (SSSR count). The van der Waals surface area contributed by atoms with E-state index in [2.05, 4.69) is 0 Å². The summed E-state index contributed by atoms with van der Waals surface area (Å²) in [6.45, 7) is 0. The lowest BCUT2D eigenvalue weighted by Gasteiger charge is -1.99. The highest BCUT2D eigenvalue weighted by molar-refractivity contribution is 6.55. The minimum Gasteiger partial charge on any atom is -0.291 e. The van der Waals surface area contributed by atoms with Crippen LogP contribution in [0.3, 0.4) is 0 Å². The van der Waals surface area contributed by atoms with Gasteiger partial charge in [0.1, 0.15) is 0 Å². The molecule has 74 valence electrons. The van der Waals surface area contributed by atoms with Crippen LogP contribution in [0.2, 0.25) is 0 Å². The molecule has 0 bridgehead atoms. The van der Waals surface area contributed by atoms with E-state index in [0.29, 0.717) is 0 Å². The van der Waals surface area contributed by atoms with Gasteiger partial charge in [-0.15, -0.1) is 0 Å². The number of hydrogen-bond acceptors (Lipinski definition) is 3. The zero-order valence-electron chi connectivity index (χ0n) is 6.81. The molecule has 0 saturated heterocycles. The Bertz CT molecular complexity index is 361. The molecular formula is C8H5Cl2NO3. The number of carbonyl (C=O) groups excluding carboxylic acids is 1. The second kappa shape index (κ2) is 4.39. The van der Waals surface area contributed by atoms with Crippen LogP contribution in [-0.4, -0.2) is 15.5 Å². The zero-order chi connectivity index (χ0) is 10.7. The van der Waals surface area contributed by atoms with Crippen LogP contribution in [0.25, 0.3) is 0 Å². The molecule has 0 amide bonds. The monoisotopic (exact) mass is 233 g/mol. The number of halogens is 2. The summed E-state index contributed by atoms with van der Waals surface area (Å²) < 4.78 is 0. The van der Waals surface area contributed by atoms with Crippen LogP contribution in [0.15, 0.2) is 24.3 Å². The highest BCUT2D eigenvalue weighted by Crippen LogP contribution is 2.16. The van der Waals surface area contributed by atoms with E-state index in [1.165, 1.54) is 24.3 Å². The van der Waals surface area contributed by atoms with E-state index in [1.807, 2.05) is 0 Å². The van der Waals surface area contributed by atoms with Crippen molar-refractivity contribution in [2.45, 2.75) is 4.84 Å². The second-order valence-electron chi connectivity index (χ2n) is 2.47. The van der Waals surface area contributed by atoms with E-state index >= 15 is 0 Å². The maximum atomic E-state index is 11.2. The molecule has 0 aliphatic heterocycles. The fourth-order valence-electron chi connectivity index (χ4n) is 0.873. The number of carbonyl (C=O) groups is 1. The first-order valence-electron chi connectivity index (χ1n) is 3.59. The number of non-ortho nitro benzene ring substituents is 1. The summed E-state index contributed by atoms with van der Waals surface area (Å²) in [5.41, 5.74) is 0.174. The molecule has 0 saturated carbocycles. The molecule has 14 heavy (non-hydrogen) atoms. The predicted octanol–water partition coefficient (Wildman–Crippen LogP) is 2.58. The number of nitro groups is 1. The number of benzene rings is 1. The summed E-state index contributed by atoms with van der Waals surface area (Å²) in [5.74, 6) is -0.469. The number of ketones is 1. The maximum Gasteiger partial charge on any atom is 0.269 e. The van der Waals surface area contributed by atoms with Crippen LogP contribution >= 0.6 is 23.2 Å². The molecule has 0 unspecified atom stereocenters. The van der Waals surface area contributed by atoms with Gasteiger partial charge in [-0.2, -0.15) is 0 Å². The highest BCUT2D eigenvalue weighted by atomic mass is 35.5. The Labute approximate surface area is 89.6 Å². The Morgan fingerprint density at radius 1 is 1.29 bits per heavy atom. The Balaban J connectivity index is 2.94. The molecule has 0 spiro atoms. The number of rotatable bonds is 3. The van der Waals surface area contributed by atoms with Crippen molar-refractivity contribution in [3.8, 4) is 0 Å². The minimum atomic E-state index is -1.14. The molecule has 0 fully saturated rings. The van der Waals surface area contributed by atoms with Gasteiger partial charge < -0.3 is 0 Å². The second-order valence-corrected chi connectivity index (χ2v) is 3.57. The van der Waals surface area contributed by atoms with E-state index in [0.717, 1.165) is 0 Å². The molecule has 0 aliphatic rings. The van der Waals surface area contributed by atoms with Crippen molar-refractivity contribution in [3.05, 3.63) is 39.9 Å². The largest absolute Gasteiger partial charge is 0.291 e. The van der Waals surface area contributed by atoms with Crippen molar-refractivity contribution in [2.75, 3.05) is 0 Å². The van der Waals surface area contributed by atoms with Gasteiger partial charge in [-0.25, -0.2) is 0 Å². The maximum absolute atomic E-state index is 11.2. The van der Waals surface area contributed by atoms with Gasteiger partial charge in [0.15, 0.2) is 10.6 Å². The normalized spacial score (nSPS) is 10.2. The molecule has 4 nitrogen and oxygen atoms in total. The summed E-state index contributed by atoms with van der Waals surface area (Å²) >= 11 is 10.7. The van der Waals surface area contributed by atoms with Crippen LogP contribution < -0.4 is 0 Å². The van der Waals surface area contributed by atoms with Crippen molar-refractivity contribution in [1.29, 1.82) is 0 Å². The van der Waals surface area contributed by atoms with Crippen molar-refractivity contribution in [3.63, 3.8) is 0 Å². The van der Waals surface area contributed by atoms with Crippen LogP contribution in [-0.2, 0) is 0 Å². The molecule has 0 aromatic heterocycles. The third-order valence-corrected chi connectivity index (χ3v) is 1.96. The first-order chi connectivity index (χ1) is 6.52. The summed E-state index contributed by atoms with van der Waals surface area (Å²) in [6.07, 6.45) is 0. The molecule has 0 heterocycles. The van der Waals surface area contributed by atoms with E-state index in [9.17, 15) is 14.9 Å². The van der Waals surface area contributed by atoms with Gasteiger partial charge in [-0.3, -0.25) is 14.9 Å². The SMILES string of the molecule is O=C(c1ccc([N+](=O)[O-])cc1)C(Cl)Cl. The van der Waals surface area contributed by atoms with Gasteiger partial charge >= 0.3 is 0 Å². The topological polar surface area (TPSA) is 60.2 Å². The fraction of sp³-hybridized carbons (Fsp3) is 0.125. The van der Waals surface area contributed by atoms with Gasteiger partial charge in [-0.05, 0) is 12.1 Å². The van der Waals surface area contributed by atoms with Crippen molar-refractivity contribution in [1.82, 2.24) is 0 Å².